The van der Waals surface area contributed by atoms with Crippen molar-refractivity contribution >= 4 is 6.29 Å². The topological polar surface area (TPSA) is 42.9 Å². The minimum Gasteiger partial charge on any atom is -0.302 e. The molecule has 2 aromatic carbocycles. The molecule has 0 aliphatic heterocycles. The SMILES string of the molecule is O=CC1c2ccccc2-c2c(-c3cncnc3)cccc21. The van der Waals surface area contributed by atoms with Gasteiger partial charge in [-0.05, 0) is 27.8 Å². The summed E-state index contributed by atoms with van der Waals surface area (Å²) in [5.74, 6) is -0.180. The fourth-order valence-corrected chi connectivity index (χ4v) is 3.12. The Morgan fingerprint density at radius 2 is 1.57 bits per heavy atom. The van der Waals surface area contributed by atoms with Crippen molar-refractivity contribution in [2.24, 2.45) is 0 Å². The summed E-state index contributed by atoms with van der Waals surface area (Å²) in [6.07, 6.45) is 6.16. The maximum Gasteiger partial charge on any atom is 0.131 e. The van der Waals surface area contributed by atoms with Gasteiger partial charge in [0.05, 0.1) is 5.92 Å². The Hall–Kier alpha value is -2.81. The highest BCUT2D eigenvalue weighted by Gasteiger charge is 2.30. The van der Waals surface area contributed by atoms with E-state index < -0.39 is 0 Å². The van der Waals surface area contributed by atoms with Gasteiger partial charge in [0.25, 0.3) is 0 Å². The average Bonchev–Trinajstić information content (AvgIpc) is 2.89. The zero-order valence-corrected chi connectivity index (χ0v) is 11.2. The molecule has 1 aliphatic rings. The van der Waals surface area contributed by atoms with Gasteiger partial charge in [0.1, 0.15) is 12.6 Å². The van der Waals surface area contributed by atoms with Crippen LogP contribution in [0.1, 0.15) is 17.0 Å². The minimum absolute atomic E-state index is 0.180. The molecule has 4 rings (SSSR count). The molecule has 0 saturated heterocycles. The summed E-state index contributed by atoms with van der Waals surface area (Å²) < 4.78 is 0. The third-order valence-electron chi connectivity index (χ3n) is 4.00. The summed E-state index contributed by atoms with van der Waals surface area (Å²) in [7, 11) is 0. The third-order valence-corrected chi connectivity index (χ3v) is 4.00. The van der Waals surface area contributed by atoms with Crippen molar-refractivity contribution in [1.82, 2.24) is 9.97 Å². The Morgan fingerprint density at radius 1 is 0.857 bits per heavy atom. The van der Waals surface area contributed by atoms with E-state index in [4.69, 9.17) is 0 Å². The first-order valence-electron chi connectivity index (χ1n) is 6.83. The highest BCUT2D eigenvalue weighted by atomic mass is 16.1. The molecule has 1 atom stereocenters. The molecule has 0 radical (unpaired) electrons. The van der Waals surface area contributed by atoms with Gasteiger partial charge in [-0.25, -0.2) is 9.97 Å². The van der Waals surface area contributed by atoms with Crippen molar-refractivity contribution < 1.29 is 4.79 Å². The lowest BCUT2D eigenvalue weighted by atomic mass is 9.94. The molecule has 3 aromatic rings. The third kappa shape index (κ3) is 1.71. The first-order chi connectivity index (χ1) is 10.4. The summed E-state index contributed by atoms with van der Waals surface area (Å²) in [6, 6.07) is 14.2. The molecule has 1 heterocycles. The number of fused-ring (bicyclic) bond motifs is 3. The van der Waals surface area contributed by atoms with Gasteiger partial charge in [0, 0.05) is 18.0 Å². The van der Waals surface area contributed by atoms with Crippen LogP contribution in [0.3, 0.4) is 0 Å². The Kier molecular flexibility index (Phi) is 2.64. The van der Waals surface area contributed by atoms with Crippen molar-refractivity contribution in [3.63, 3.8) is 0 Å². The molecule has 0 bridgehead atoms. The molecular weight excluding hydrogens is 260 g/mol. The maximum absolute atomic E-state index is 11.6. The van der Waals surface area contributed by atoms with Gasteiger partial charge in [-0.1, -0.05) is 42.5 Å². The van der Waals surface area contributed by atoms with E-state index in [-0.39, 0.29) is 5.92 Å². The van der Waals surface area contributed by atoms with Crippen LogP contribution in [0.2, 0.25) is 0 Å². The maximum atomic E-state index is 11.6. The number of aldehydes is 1. The smallest absolute Gasteiger partial charge is 0.131 e. The van der Waals surface area contributed by atoms with Gasteiger partial charge in [0.2, 0.25) is 0 Å². The zero-order chi connectivity index (χ0) is 14.2. The molecule has 0 fully saturated rings. The van der Waals surface area contributed by atoms with Gasteiger partial charge in [0.15, 0.2) is 0 Å². The van der Waals surface area contributed by atoms with E-state index in [0.717, 1.165) is 39.7 Å². The summed E-state index contributed by atoms with van der Waals surface area (Å²) >= 11 is 0. The Balaban J connectivity index is 2.05. The van der Waals surface area contributed by atoms with Gasteiger partial charge >= 0.3 is 0 Å². The summed E-state index contributed by atoms with van der Waals surface area (Å²) in [5, 5.41) is 0. The molecule has 0 saturated carbocycles. The van der Waals surface area contributed by atoms with Gasteiger partial charge in [-0.2, -0.15) is 0 Å². The lowest BCUT2D eigenvalue weighted by molar-refractivity contribution is -0.108. The van der Waals surface area contributed by atoms with E-state index >= 15 is 0 Å². The molecular formula is C18H12N2O. The van der Waals surface area contributed by atoms with E-state index in [9.17, 15) is 4.79 Å². The van der Waals surface area contributed by atoms with Crippen LogP contribution in [0.15, 0.2) is 61.2 Å². The number of carbonyl (C=O) groups is 1. The zero-order valence-electron chi connectivity index (χ0n) is 11.2. The number of hydrogen-bond donors (Lipinski definition) is 0. The minimum atomic E-state index is -0.180. The lowest BCUT2D eigenvalue weighted by Gasteiger charge is -2.09. The molecule has 0 amide bonds. The fourth-order valence-electron chi connectivity index (χ4n) is 3.12. The molecule has 3 heteroatoms. The Bertz CT molecular complexity index is 828. The number of rotatable bonds is 2. The van der Waals surface area contributed by atoms with Crippen LogP contribution in [-0.4, -0.2) is 16.3 Å². The van der Waals surface area contributed by atoms with E-state index in [1.165, 1.54) is 6.33 Å². The van der Waals surface area contributed by atoms with E-state index in [1.807, 2.05) is 30.3 Å². The molecule has 1 unspecified atom stereocenters. The second-order valence-corrected chi connectivity index (χ2v) is 5.10. The summed E-state index contributed by atoms with van der Waals surface area (Å²) in [5.41, 5.74) is 6.43. The summed E-state index contributed by atoms with van der Waals surface area (Å²) in [4.78, 5) is 19.8. The Labute approximate surface area is 122 Å². The number of aromatic nitrogens is 2. The summed E-state index contributed by atoms with van der Waals surface area (Å²) in [6.45, 7) is 0. The van der Waals surface area contributed by atoms with Crippen LogP contribution in [0.25, 0.3) is 22.3 Å². The van der Waals surface area contributed by atoms with Crippen molar-refractivity contribution in [2.45, 2.75) is 5.92 Å². The van der Waals surface area contributed by atoms with E-state index in [0.29, 0.717) is 0 Å². The quantitative estimate of drug-likeness (QED) is 0.671. The van der Waals surface area contributed by atoms with Crippen molar-refractivity contribution in [2.75, 3.05) is 0 Å². The molecule has 21 heavy (non-hydrogen) atoms. The number of benzene rings is 2. The highest BCUT2D eigenvalue weighted by Crippen LogP contribution is 2.47. The van der Waals surface area contributed by atoms with Crippen LogP contribution >= 0.6 is 0 Å². The van der Waals surface area contributed by atoms with E-state index in [2.05, 4.69) is 22.1 Å². The van der Waals surface area contributed by atoms with Crippen molar-refractivity contribution in [3.8, 4) is 22.3 Å². The second kappa shape index (κ2) is 4.63. The van der Waals surface area contributed by atoms with Crippen LogP contribution in [-0.2, 0) is 4.79 Å². The number of nitrogens with zero attached hydrogens (tertiary/aromatic N) is 2. The molecule has 0 spiro atoms. The van der Waals surface area contributed by atoms with Gasteiger partial charge in [-0.15, -0.1) is 0 Å². The molecule has 1 aromatic heterocycles. The number of hydrogen-bond acceptors (Lipinski definition) is 3. The monoisotopic (exact) mass is 272 g/mol. The molecule has 1 aliphatic carbocycles. The van der Waals surface area contributed by atoms with Crippen LogP contribution in [0.4, 0.5) is 0 Å². The lowest BCUT2D eigenvalue weighted by Crippen LogP contribution is -1.97. The standard InChI is InChI=1S/C18H12N2O/c21-10-17-14-4-1-2-5-15(14)18-13(6-3-7-16(17)18)12-8-19-11-20-9-12/h1-11,17H. The van der Waals surface area contributed by atoms with Gasteiger partial charge in [-0.3, -0.25) is 0 Å². The predicted octanol–water partition coefficient (Wildman–Crippen LogP) is 3.45. The second-order valence-electron chi connectivity index (χ2n) is 5.10. The first kappa shape index (κ1) is 12.0. The fraction of sp³-hybridized carbons (Fsp3) is 0.0556. The Morgan fingerprint density at radius 3 is 2.38 bits per heavy atom. The van der Waals surface area contributed by atoms with Crippen molar-refractivity contribution in [3.05, 3.63) is 72.3 Å². The largest absolute Gasteiger partial charge is 0.302 e. The van der Waals surface area contributed by atoms with Crippen molar-refractivity contribution in [1.29, 1.82) is 0 Å². The molecule has 0 N–H and O–H groups in total. The van der Waals surface area contributed by atoms with Crippen LogP contribution < -0.4 is 0 Å². The molecule has 100 valence electrons. The molecule has 3 nitrogen and oxygen atoms in total. The normalized spacial score (nSPS) is 15.3. The van der Waals surface area contributed by atoms with Gasteiger partial charge < -0.3 is 4.79 Å². The first-order valence-corrected chi connectivity index (χ1v) is 6.83. The van der Waals surface area contributed by atoms with Crippen LogP contribution in [0, 0.1) is 0 Å². The van der Waals surface area contributed by atoms with E-state index in [1.54, 1.807) is 12.4 Å². The highest BCUT2D eigenvalue weighted by molar-refractivity contribution is 5.95. The predicted molar refractivity (Wildman–Crippen MR) is 80.8 cm³/mol. The number of carbonyl (C=O) groups excluding carboxylic acids is 1. The average molecular weight is 272 g/mol. The van der Waals surface area contributed by atoms with Crippen LogP contribution in [0.5, 0.6) is 0 Å².